The van der Waals surface area contributed by atoms with Gasteiger partial charge in [-0.1, -0.05) is 18.7 Å². The molecule has 0 saturated carbocycles. The van der Waals surface area contributed by atoms with Crippen LogP contribution in [0.4, 0.5) is 5.69 Å². The Morgan fingerprint density at radius 1 is 1.32 bits per heavy atom. The molecule has 2 rings (SSSR count). The average Bonchev–Trinajstić information content (AvgIpc) is 2.43. The Kier molecular flexibility index (Phi) is 3.93. The van der Waals surface area contributed by atoms with Gasteiger partial charge >= 0.3 is 0 Å². The summed E-state index contributed by atoms with van der Waals surface area (Å²) in [5.41, 5.74) is 2.34. The molecule has 4 nitrogen and oxygen atoms in total. The predicted molar refractivity (Wildman–Crippen MR) is 74.0 cm³/mol. The number of hydrogen-bond acceptors (Lipinski definition) is 3. The fourth-order valence-electron chi connectivity index (χ4n) is 1.66. The van der Waals surface area contributed by atoms with Crippen LogP contribution >= 0.6 is 0 Å². The SMILES string of the molecule is C=CC(=O)Nc1ccc(Cc2ncccc2O)cc1. The van der Waals surface area contributed by atoms with Gasteiger partial charge in [-0.25, -0.2) is 0 Å². The number of aromatic hydroxyl groups is 1. The molecule has 1 aromatic carbocycles. The van der Waals surface area contributed by atoms with Gasteiger partial charge in [0.2, 0.25) is 5.91 Å². The fourth-order valence-corrected chi connectivity index (χ4v) is 1.66. The summed E-state index contributed by atoms with van der Waals surface area (Å²) in [6, 6.07) is 10.7. The lowest BCUT2D eigenvalue weighted by atomic mass is 10.1. The van der Waals surface area contributed by atoms with Crippen LogP contribution in [0.2, 0.25) is 0 Å². The molecule has 0 aliphatic rings. The average molecular weight is 254 g/mol. The van der Waals surface area contributed by atoms with Crippen molar-refractivity contribution in [2.24, 2.45) is 0 Å². The zero-order chi connectivity index (χ0) is 13.7. The second-order valence-corrected chi connectivity index (χ2v) is 4.04. The monoisotopic (exact) mass is 254 g/mol. The Bertz CT molecular complexity index is 591. The van der Waals surface area contributed by atoms with Gasteiger partial charge in [-0.2, -0.15) is 0 Å². The minimum Gasteiger partial charge on any atom is -0.506 e. The molecule has 4 heteroatoms. The topological polar surface area (TPSA) is 62.2 Å². The maximum atomic E-state index is 11.1. The Morgan fingerprint density at radius 3 is 2.68 bits per heavy atom. The molecule has 0 aliphatic carbocycles. The number of carbonyl (C=O) groups excluding carboxylic acids is 1. The largest absolute Gasteiger partial charge is 0.506 e. The van der Waals surface area contributed by atoms with Crippen molar-refractivity contribution in [3.63, 3.8) is 0 Å². The summed E-state index contributed by atoms with van der Waals surface area (Å²) in [5.74, 6) is -0.0540. The minimum atomic E-state index is -0.241. The van der Waals surface area contributed by atoms with Crippen LogP contribution in [0.1, 0.15) is 11.3 Å². The van der Waals surface area contributed by atoms with Crippen LogP contribution in [0.25, 0.3) is 0 Å². The van der Waals surface area contributed by atoms with E-state index in [4.69, 9.17) is 0 Å². The zero-order valence-corrected chi connectivity index (χ0v) is 10.3. The third kappa shape index (κ3) is 3.42. The number of aromatic nitrogens is 1. The van der Waals surface area contributed by atoms with Gasteiger partial charge in [0.1, 0.15) is 5.75 Å². The smallest absolute Gasteiger partial charge is 0.247 e. The molecule has 0 atom stereocenters. The van der Waals surface area contributed by atoms with Crippen molar-refractivity contribution in [1.29, 1.82) is 0 Å². The van der Waals surface area contributed by atoms with Gasteiger partial charge in [-0.3, -0.25) is 9.78 Å². The minimum absolute atomic E-state index is 0.187. The number of pyridine rings is 1. The van der Waals surface area contributed by atoms with E-state index < -0.39 is 0 Å². The van der Waals surface area contributed by atoms with Gasteiger partial charge in [-0.05, 0) is 35.9 Å². The third-order valence-corrected chi connectivity index (χ3v) is 2.64. The van der Waals surface area contributed by atoms with Crippen molar-refractivity contribution < 1.29 is 9.90 Å². The second-order valence-electron chi connectivity index (χ2n) is 4.04. The Morgan fingerprint density at radius 2 is 2.05 bits per heavy atom. The quantitative estimate of drug-likeness (QED) is 0.824. The number of hydrogen-bond donors (Lipinski definition) is 2. The molecule has 0 bridgehead atoms. The van der Waals surface area contributed by atoms with E-state index in [1.54, 1.807) is 30.5 Å². The molecular weight excluding hydrogens is 240 g/mol. The van der Waals surface area contributed by atoms with E-state index in [0.717, 1.165) is 5.56 Å². The highest BCUT2D eigenvalue weighted by molar-refractivity contribution is 5.98. The summed E-state index contributed by atoms with van der Waals surface area (Å²) in [7, 11) is 0. The summed E-state index contributed by atoms with van der Waals surface area (Å²) in [6.07, 6.45) is 3.41. The van der Waals surface area contributed by atoms with Crippen LogP contribution in [0.3, 0.4) is 0 Å². The van der Waals surface area contributed by atoms with E-state index in [0.29, 0.717) is 17.8 Å². The molecule has 19 heavy (non-hydrogen) atoms. The van der Waals surface area contributed by atoms with Crippen molar-refractivity contribution in [2.75, 3.05) is 5.32 Å². The molecular formula is C15H14N2O2. The maximum absolute atomic E-state index is 11.1. The van der Waals surface area contributed by atoms with Gasteiger partial charge in [0, 0.05) is 18.3 Å². The number of anilines is 1. The summed E-state index contributed by atoms with van der Waals surface area (Å²) >= 11 is 0. The first-order valence-electron chi connectivity index (χ1n) is 5.84. The van der Waals surface area contributed by atoms with Crippen LogP contribution < -0.4 is 5.32 Å². The summed E-state index contributed by atoms with van der Waals surface area (Å²) in [6.45, 7) is 3.39. The Labute approximate surface area is 111 Å². The summed E-state index contributed by atoms with van der Waals surface area (Å²) in [5, 5.41) is 12.3. The third-order valence-electron chi connectivity index (χ3n) is 2.64. The first-order valence-corrected chi connectivity index (χ1v) is 5.84. The van der Waals surface area contributed by atoms with Gasteiger partial charge < -0.3 is 10.4 Å². The van der Waals surface area contributed by atoms with Crippen molar-refractivity contribution in [2.45, 2.75) is 6.42 Å². The first kappa shape index (κ1) is 12.8. The van der Waals surface area contributed by atoms with Crippen LogP contribution in [-0.4, -0.2) is 16.0 Å². The molecule has 1 amide bonds. The van der Waals surface area contributed by atoms with E-state index in [-0.39, 0.29) is 11.7 Å². The molecule has 0 aliphatic heterocycles. The lowest BCUT2D eigenvalue weighted by molar-refractivity contribution is -0.111. The summed E-state index contributed by atoms with van der Waals surface area (Å²) < 4.78 is 0. The molecule has 1 heterocycles. The maximum Gasteiger partial charge on any atom is 0.247 e. The lowest BCUT2D eigenvalue weighted by Gasteiger charge is -2.05. The highest BCUT2D eigenvalue weighted by Crippen LogP contribution is 2.18. The van der Waals surface area contributed by atoms with Crippen molar-refractivity contribution in [1.82, 2.24) is 4.98 Å². The van der Waals surface area contributed by atoms with E-state index >= 15 is 0 Å². The number of nitrogens with zero attached hydrogens (tertiary/aromatic N) is 1. The van der Waals surface area contributed by atoms with E-state index in [1.165, 1.54) is 6.08 Å². The van der Waals surface area contributed by atoms with Crippen LogP contribution in [0, 0.1) is 0 Å². The molecule has 0 saturated heterocycles. The fraction of sp³-hybridized carbons (Fsp3) is 0.0667. The van der Waals surface area contributed by atoms with Crippen LogP contribution in [0.5, 0.6) is 5.75 Å². The van der Waals surface area contributed by atoms with E-state index in [2.05, 4.69) is 16.9 Å². The van der Waals surface area contributed by atoms with Crippen LogP contribution in [-0.2, 0) is 11.2 Å². The van der Waals surface area contributed by atoms with Gasteiger partial charge in [0.05, 0.1) is 5.69 Å². The van der Waals surface area contributed by atoms with Gasteiger partial charge in [-0.15, -0.1) is 0 Å². The number of rotatable bonds is 4. The zero-order valence-electron chi connectivity index (χ0n) is 10.3. The molecule has 2 N–H and O–H groups in total. The highest BCUT2D eigenvalue weighted by atomic mass is 16.3. The highest BCUT2D eigenvalue weighted by Gasteiger charge is 2.03. The summed E-state index contributed by atoms with van der Waals surface area (Å²) in [4.78, 5) is 15.3. The molecule has 0 fully saturated rings. The predicted octanol–water partition coefficient (Wildman–Crippen LogP) is 2.50. The number of carbonyl (C=O) groups is 1. The number of benzene rings is 1. The molecule has 2 aromatic rings. The molecule has 96 valence electrons. The van der Waals surface area contributed by atoms with Crippen molar-refractivity contribution in [3.8, 4) is 5.75 Å². The normalized spacial score (nSPS) is 9.89. The molecule has 0 unspecified atom stereocenters. The van der Waals surface area contributed by atoms with Gasteiger partial charge in [0.25, 0.3) is 0 Å². The Balaban J connectivity index is 2.09. The standard InChI is InChI=1S/C15H14N2O2/c1-2-15(19)17-12-7-5-11(6-8-12)10-13-14(18)4-3-9-16-13/h2-9,18H,1,10H2,(H,17,19). The molecule has 0 spiro atoms. The number of nitrogens with one attached hydrogen (secondary N) is 1. The molecule has 1 aromatic heterocycles. The molecule has 0 radical (unpaired) electrons. The number of amides is 1. The van der Waals surface area contributed by atoms with Crippen molar-refractivity contribution >= 4 is 11.6 Å². The van der Waals surface area contributed by atoms with Crippen molar-refractivity contribution in [3.05, 3.63) is 66.5 Å². The van der Waals surface area contributed by atoms with E-state index in [9.17, 15) is 9.90 Å². The second kappa shape index (κ2) is 5.82. The van der Waals surface area contributed by atoms with Crippen LogP contribution in [0.15, 0.2) is 55.3 Å². The van der Waals surface area contributed by atoms with Gasteiger partial charge in [0.15, 0.2) is 0 Å². The lowest BCUT2D eigenvalue weighted by Crippen LogP contribution is -2.07. The first-order chi connectivity index (χ1) is 9.19. The van der Waals surface area contributed by atoms with E-state index in [1.807, 2.05) is 12.1 Å². The Hall–Kier alpha value is -2.62.